The summed E-state index contributed by atoms with van der Waals surface area (Å²) in [5, 5.41) is 10.7. The maximum absolute atomic E-state index is 10.7. The van der Waals surface area contributed by atoms with Gasteiger partial charge in [-0.2, -0.15) is 0 Å². The van der Waals surface area contributed by atoms with Crippen molar-refractivity contribution in [2.24, 2.45) is 0 Å². The number of rotatable bonds is 2. The Morgan fingerprint density at radius 3 is 3.00 bits per heavy atom. The lowest BCUT2D eigenvalue weighted by Crippen LogP contribution is -2.31. The van der Waals surface area contributed by atoms with E-state index in [2.05, 4.69) is 0 Å². The van der Waals surface area contributed by atoms with E-state index in [9.17, 15) is 5.11 Å². The van der Waals surface area contributed by atoms with Gasteiger partial charge in [0.2, 0.25) is 0 Å². The molecule has 0 aromatic carbocycles. The Labute approximate surface area is 93.7 Å². The van der Waals surface area contributed by atoms with Crippen LogP contribution in [0.2, 0.25) is 0 Å². The normalized spacial score (nSPS) is 24.3. The first-order valence-corrected chi connectivity index (χ1v) is 5.59. The van der Waals surface area contributed by atoms with Crippen LogP contribution in [0.5, 0.6) is 0 Å². The highest BCUT2D eigenvalue weighted by atomic mass is 16.3. The third-order valence-electron chi connectivity index (χ3n) is 3.29. The van der Waals surface area contributed by atoms with E-state index in [0.717, 1.165) is 36.3 Å². The monoisotopic (exact) mass is 218 g/mol. The van der Waals surface area contributed by atoms with E-state index >= 15 is 0 Å². The molecule has 0 amide bonds. The standard InChI is InChI=1S/C13H14O3/c14-13(9-10-3-2-7-15-10)6-1-4-12-11(13)5-8-16-12/h2-3,5,7-8,14H,1,4,6,9H2. The third kappa shape index (κ3) is 1.48. The van der Waals surface area contributed by atoms with Crippen molar-refractivity contribution in [1.82, 2.24) is 0 Å². The van der Waals surface area contributed by atoms with Gasteiger partial charge in [0.25, 0.3) is 0 Å². The molecule has 0 radical (unpaired) electrons. The lowest BCUT2D eigenvalue weighted by atomic mass is 9.80. The molecule has 3 rings (SSSR count). The molecule has 84 valence electrons. The molecule has 3 nitrogen and oxygen atoms in total. The van der Waals surface area contributed by atoms with E-state index in [0.29, 0.717) is 6.42 Å². The summed E-state index contributed by atoms with van der Waals surface area (Å²) >= 11 is 0. The maximum atomic E-state index is 10.7. The number of aliphatic hydroxyl groups is 1. The van der Waals surface area contributed by atoms with Gasteiger partial charge in [0.05, 0.1) is 12.5 Å². The molecule has 1 atom stereocenters. The lowest BCUT2D eigenvalue weighted by Gasteiger charge is -2.30. The molecule has 2 heterocycles. The number of furan rings is 2. The fourth-order valence-electron chi connectivity index (χ4n) is 2.51. The Hall–Kier alpha value is -1.48. The summed E-state index contributed by atoms with van der Waals surface area (Å²) in [6.07, 6.45) is 6.45. The summed E-state index contributed by atoms with van der Waals surface area (Å²) < 4.78 is 10.7. The summed E-state index contributed by atoms with van der Waals surface area (Å²) in [6, 6.07) is 5.61. The van der Waals surface area contributed by atoms with Crippen molar-refractivity contribution in [2.75, 3.05) is 0 Å². The molecular formula is C13H14O3. The molecule has 3 heteroatoms. The quantitative estimate of drug-likeness (QED) is 0.842. The molecule has 0 aliphatic heterocycles. The van der Waals surface area contributed by atoms with Crippen LogP contribution in [-0.2, 0) is 18.4 Å². The van der Waals surface area contributed by atoms with Crippen LogP contribution in [0, 0.1) is 0 Å². The predicted octanol–water partition coefficient (Wildman–Crippen LogP) is 2.64. The molecule has 0 saturated heterocycles. The maximum Gasteiger partial charge on any atom is 0.109 e. The molecule has 16 heavy (non-hydrogen) atoms. The van der Waals surface area contributed by atoms with E-state index in [1.807, 2.05) is 18.2 Å². The summed E-state index contributed by atoms with van der Waals surface area (Å²) in [5.74, 6) is 1.73. The van der Waals surface area contributed by atoms with Gasteiger partial charge in [-0.1, -0.05) is 0 Å². The second kappa shape index (κ2) is 3.52. The van der Waals surface area contributed by atoms with Crippen molar-refractivity contribution < 1.29 is 13.9 Å². The minimum atomic E-state index is -0.821. The van der Waals surface area contributed by atoms with Crippen LogP contribution in [0.3, 0.4) is 0 Å². The molecule has 1 aliphatic carbocycles. The van der Waals surface area contributed by atoms with Gasteiger partial charge >= 0.3 is 0 Å². The van der Waals surface area contributed by atoms with Crippen LogP contribution in [0.15, 0.2) is 39.6 Å². The van der Waals surface area contributed by atoms with Crippen molar-refractivity contribution in [3.05, 3.63) is 47.8 Å². The molecule has 2 aromatic rings. The highest BCUT2D eigenvalue weighted by Gasteiger charge is 2.37. The van der Waals surface area contributed by atoms with E-state index in [1.54, 1.807) is 12.5 Å². The van der Waals surface area contributed by atoms with Crippen LogP contribution in [0.1, 0.15) is 29.9 Å². The van der Waals surface area contributed by atoms with Gasteiger partial charge < -0.3 is 13.9 Å². The van der Waals surface area contributed by atoms with Crippen LogP contribution in [-0.4, -0.2) is 5.11 Å². The smallest absolute Gasteiger partial charge is 0.109 e. The molecule has 1 unspecified atom stereocenters. The molecule has 1 aliphatic rings. The first kappa shape index (κ1) is 9.73. The lowest BCUT2D eigenvalue weighted by molar-refractivity contribution is 0.0122. The van der Waals surface area contributed by atoms with E-state index < -0.39 is 5.60 Å². The zero-order valence-corrected chi connectivity index (χ0v) is 8.98. The molecule has 2 aromatic heterocycles. The Morgan fingerprint density at radius 2 is 2.19 bits per heavy atom. The summed E-state index contributed by atoms with van der Waals surface area (Å²) in [6.45, 7) is 0. The van der Waals surface area contributed by atoms with Gasteiger partial charge in [-0.3, -0.25) is 0 Å². The SMILES string of the molecule is OC1(Cc2ccco2)CCCc2occc21. The van der Waals surface area contributed by atoms with Crippen LogP contribution in [0.4, 0.5) is 0 Å². The Morgan fingerprint density at radius 1 is 1.25 bits per heavy atom. The van der Waals surface area contributed by atoms with Gasteiger partial charge in [0.1, 0.15) is 17.1 Å². The van der Waals surface area contributed by atoms with Crippen molar-refractivity contribution in [3.8, 4) is 0 Å². The Balaban J connectivity index is 1.95. The summed E-state index contributed by atoms with van der Waals surface area (Å²) in [5.41, 5.74) is 0.105. The van der Waals surface area contributed by atoms with Crippen molar-refractivity contribution >= 4 is 0 Å². The van der Waals surface area contributed by atoms with E-state index in [1.165, 1.54) is 0 Å². The molecule has 0 fully saturated rings. The average molecular weight is 218 g/mol. The summed E-state index contributed by atoms with van der Waals surface area (Å²) in [4.78, 5) is 0. The first-order valence-electron chi connectivity index (χ1n) is 5.59. The average Bonchev–Trinajstić information content (AvgIpc) is 2.88. The van der Waals surface area contributed by atoms with Crippen LogP contribution >= 0.6 is 0 Å². The molecule has 0 bridgehead atoms. The fourth-order valence-corrected chi connectivity index (χ4v) is 2.51. The van der Waals surface area contributed by atoms with Crippen LogP contribution in [0.25, 0.3) is 0 Å². The minimum Gasteiger partial charge on any atom is -0.469 e. The number of hydrogen-bond donors (Lipinski definition) is 1. The highest BCUT2D eigenvalue weighted by molar-refractivity contribution is 5.29. The van der Waals surface area contributed by atoms with Gasteiger partial charge in [0.15, 0.2) is 0 Å². The van der Waals surface area contributed by atoms with Crippen LogP contribution < -0.4 is 0 Å². The first-order chi connectivity index (χ1) is 7.78. The minimum absolute atomic E-state index is 0.520. The third-order valence-corrected chi connectivity index (χ3v) is 3.29. The number of aryl methyl sites for hydroxylation is 1. The predicted molar refractivity (Wildman–Crippen MR) is 58.0 cm³/mol. The second-order valence-electron chi connectivity index (χ2n) is 4.40. The van der Waals surface area contributed by atoms with Gasteiger partial charge in [-0.25, -0.2) is 0 Å². The Bertz CT molecular complexity index is 469. The van der Waals surface area contributed by atoms with Crippen molar-refractivity contribution in [3.63, 3.8) is 0 Å². The van der Waals surface area contributed by atoms with Gasteiger partial charge in [-0.15, -0.1) is 0 Å². The van der Waals surface area contributed by atoms with Crippen molar-refractivity contribution in [2.45, 2.75) is 31.3 Å². The largest absolute Gasteiger partial charge is 0.469 e. The molecule has 0 saturated carbocycles. The molecular weight excluding hydrogens is 204 g/mol. The van der Waals surface area contributed by atoms with E-state index in [4.69, 9.17) is 8.83 Å². The molecule has 1 N–H and O–H groups in total. The molecule has 0 spiro atoms. The highest BCUT2D eigenvalue weighted by Crippen LogP contribution is 2.38. The van der Waals surface area contributed by atoms with Crippen molar-refractivity contribution in [1.29, 1.82) is 0 Å². The zero-order chi connectivity index (χ0) is 11.0. The zero-order valence-electron chi connectivity index (χ0n) is 8.98. The van der Waals surface area contributed by atoms with Gasteiger partial charge in [0, 0.05) is 18.4 Å². The van der Waals surface area contributed by atoms with Gasteiger partial charge in [-0.05, 0) is 31.0 Å². The fraction of sp³-hybridized carbons (Fsp3) is 0.385. The number of fused-ring (bicyclic) bond motifs is 1. The van der Waals surface area contributed by atoms with E-state index in [-0.39, 0.29) is 0 Å². The topological polar surface area (TPSA) is 46.5 Å². The Kier molecular flexibility index (Phi) is 2.14. The second-order valence-corrected chi connectivity index (χ2v) is 4.40. The summed E-state index contributed by atoms with van der Waals surface area (Å²) in [7, 11) is 0. The number of hydrogen-bond acceptors (Lipinski definition) is 3.